The molecule has 1 amide bonds. The fraction of sp³-hybridized carbons (Fsp3) is 0.0455. The molecule has 4 rings (SSSR count). The van der Waals surface area contributed by atoms with Crippen LogP contribution in [0.3, 0.4) is 0 Å². The maximum absolute atomic E-state index is 12.4. The Bertz CT molecular complexity index is 1070. The molecule has 0 saturated heterocycles. The van der Waals surface area contributed by atoms with Crippen molar-refractivity contribution in [3.05, 3.63) is 94.7 Å². The van der Waals surface area contributed by atoms with Crippen molar-refractivity contribution < 1.29 is 9.21 Å². The molecule has 0 atom stereocenters. The van der Waals surface area contributed by atoms with E-state index in [-0.39, 0.29) is 5.91 Å². The van der Waals surface area contributed by atoms with Crippen molar-refractivity contribution in [2.45, 2.75) is 6.54 Å². The summed E-state index contributed by atoms with van der Waals surface area (Å²) >= 11 is 3.42. The SMILES string of the molecule is O=C(NCc1ccc(-c2ccc(Br)cc2)o1)c1ccc2ccccc2c1. The van der Waals surface area contributed by atoms with Gasteiger partial charge in [-0.25, -0.2) is 0 Å². The smallest absolute Gasteiger partial charge is 0.251 e. The van der Waals surface area contributed by atoms with E-state index in [0.29, 0.717) is 12.1 Å². The van der Waals surface area contributed by atoms with E-state index in [0.717, 1.165) is 32.3 Å². The second-order valence-corrected chi connectivity index (χ2v) is 6.93. The molecule has 4 aromatic rings. The Hall–Kier alpha value is -2.85. The highest BCUT2D eigenvalue weighted by Gasteiger charge is 2.09. The third-order valence-corrected chi connectivity index (χ3v) is 4.75. The van der Waals surface area contributed by atoms with Gasteiger partial charge in [-0.3, -0.25) is 4.79 Å². The van der Waals surface area contributed by atoms with Crippen LogP contribution in [0.2, 0.25) is 0 Å². The van der Waals surface area contributed by atoms with Crippen molar-refractivity contribution in [2.24, 2.45) is 0 Å². The molecule has 0 spiro atoms. The molecule has 3 nitrogen and oxygen atoms in total. The van der Waals surface area contributed by atoms with Crippen molar-refractivity contribution in [1.29, 1.82) is 0 Å². The summed E-state index contributed by atoms with van der Waals surface area (Å²) in [5.41, 5.74) is 1.64. The molecule has 1 N–H and O–H groups in total. The Morgan fingerprint density at radius 3 is 2.46 bits per heavy atom. The Kier molecular flexibility index (Phi) is 4.59. The average molecular weight is 406 g/mol. The van der Waals surface area contributed by atoms with Gasteiger partial charge in [0.05, 0.1) is 6.54 Å². The molecular weight excluding hydrogens is 390 g/mol. The van der Waals surface area contributed by atoms with Gasteiger partial charge < -0.3 is 9.73 Å². The number of carbonyl (C=O) groups is 1. The van der Waals surface area contributed by atoms with Crippen LogP contribution in [-0.4, -0.2) is 5.91 Å². The predicted octanol–water partition coefficient (Wildman–Crippen LogP) is 5.79. The number of benzene rings is 3. The third-order valence-electron chi connectivity index (χ3n) is 4.23. The van der Waals surface area contributed by atoms with Crippen LogP contribution < -0.4 is 5.32 Å². The molecule has 26 heavy (non-hydrogen) atoms. The van der Waals surface area contributed by atoms with Crippen molar-refractivity contribution in [1.82, 2.24) is 5.32 Å². The summed E-state index contributed by atoms with van der Waals surface area (Å²) in [6, 6.07) is 25.4. The number of rotatable bonds is 4. The number of amides is 1. The maximum atomic E-state index is 12.4. The largest absolute Gasteiger partial charge is 0.459 e. The van der Waals surface area contributed by atoms with Gasteiger partial charge in [0, 0.05) is 15.6 Å². The van der Waals surface area contributed by atoms with Crippen LogP contribution in [0.15, 0.2) is 87.8 Å². The van der Waals surface area contributed by atoms with Gasteiger partial charge in [-0.15, -0.1) is 0 Å². The predicted molar refractivity (Wildman–Crippen MR) is 107 cm³/mol. The quantitative estimate of drug-likeness (QED) is 0.466. The molecule has 4 heteroatoms. The first-order valence-electron chi connectivity index (χ1n) is 8.31. The fourth-order valence-electron chi connectivity index (χ4n) is 2.84. The molecule has 0 aliphatic carbocycles. The zero-order valence-electron chi connectivity index (χ0n) is 13.9. The molecule has 0 bridgehead atoms. The van der Waals surface area contributed by atoms with Gasteiger partial charge in [0.25, 0.3) is 5.91 Å². The number of halogens is 1. The van der Waals surface area contributed by atoms with Crippen LogP contribution in [0.5, 0.6) is 0 Å². The summed E-state index contributed by atoms with van der Waals surface area (Å²) in [6.45, 7) is 0.349. The summed E-state index contributed by atoms with van der Waals surface area (Å²) < 4.78 is 6.86. The van der Waals surface area contributed by atoms with Gasteiger partial charge in [0.1, 0.15) is 11.5 Å². The molecule has 0 fully saturated rings. The number of nitrogens with one attached hydrogen (secondary N) is 1. The van der Waals surface area contributed by atoms with Crippen LogP contribution in [0, 0.1) is 0 Å². The van der Waals surface area contributed by atoms with Gasteiger partial charge in [0.15, 0.2) is 0 Å². The fourth-order valence-corrected chi connectivity index (χ4v) is 3.11. The molecule has 128 valence electrons. The Morgan fingerprint density at radius 1 is 0.885 bits per heavy atom. The van der Waals surface area contributed by atoms with E-state index in [1.54, 1.807) is 0 Å². The first kappa shape index (κ1) is 16.6. The molecule has 0 saturated carbocycles. The monoisotopic (exact) mass is 405 g/mol. The minimum Gasteiger partial charge on any atom is -0.459 e. The van der Waals surface area contributed by atoms with E-state index in [2.05, 4.69) is 21.2 Å². The lowest BCUT2D eigenvalue weighted by Gasteiger charge is -2.05. The van der Waals surface area contributed by atoms with Crippen LogP contribution in [0.4, 0.5) is 0 Å². The van der Waals surface area contributed by atoms with E-state index in [9.17, 15) is 4.79 Å². The van der Waals surface area contributed by atoms with Crippen LogP contribution in [0.25, 0.3) is 22.1 Å². The van der Waals surface area contributed by atoms with E-state index >= 15 is 0 Å². The number of carbonyl (C=O) groups excluding carboxylic acids is 1. The van der Waals surface area contributed by atoms with E-state index < -0.39 is 0 Å². The molecule has 0 aliphatic rings. The van der Waals surface area contributed by atoms with Crippen LogP contribution >= 0.6 is 15.9 Å². The zero-order chi connectivity index (χ0) is 17.9. The molecule has 0 unspecified atom stereocenters. The van der Waals surface area contributed by atoms with E-state index in [1.165, 1.54) is 0 Å². The summed E-state index contributed by atoms with van der Waals surface area (Å²) in [5, 5.41) is 5.08. The highest BCUT2D eigenvalue weighted by Crippen LogP contribution is 2.24. The highest BCUT2D eigenvalue weighted by atomic mass is 79.9. The van der Waals surface area contributed by atoms with E-state index in [4.69, 9.17) is 4.42 Å². The van der Waals surface area contributed by atoms with Gasteiger partial charge in [-0.1, -0.05) is 58.4 Å². The summed E-state index contributed by atoms with van der Waals surface area (Å²) in [5.74, 6) is 1.39. The second-order valence-electron chi connectivity index (χ2n) is 6.02. The number of furan rings is 1. The second kappa shape index (κ2) is 7.18. The summed E-state index contributed by atoms with van der Waals surface area (Å²) in [4.78, 5) is 12.4. The summed E-state index contributed by atoms with van der Waals surface area (Å²) in [6.07, 6.45) is 0. The third kappa shape index (κ3) is 3.55. The van der Waals surface area contributed by atoms with Crippen molar-refractivity contribution >= 4 is 32.6 Å². The topological polar surface area (TPSA) is 42.2 Å². The Morgan fingerprint density at radius 2 is 1.65 bits per heavy atom. The van der Waals surface area contributed by atoms with Gasteiger partial charge in [-0.2, -0.15) is 0 Å². The van der Waals surface area contributed by atoms with E-state index in [1.807, 2.05) is 78.9 Å². The normalized spacial score (nSPS) is 10.8. The lowest BCUT2D eigenvalue weighted by atomic mass is 10.1. The highest BCUT2D eigenvalue weighted by molar-refractivity contribution is 9.10. The number of hydrogen-bond acceptors (Lipinski definition) is 2. The molecule has 0 radical (unpaired) electrons. The molecular formula is C22H16BrNO2. The standard InChI is InChI=1S/C22H16BrNO2/c23-19-9-7-16(8-10-19)21-12-11-20(26-21)14-24-22(25)18-6-5-15-3-1-2-4-17(15)13-18/h1-13H,14H2,(H,24,25). The van der Waals surface area contributed by atoms with Crippen molar-refractivity contribution in [3.63, 3.8) is 0 Å². The lowest BCUT2D eigenvalue weighted by Crippen LogP contribution is -2.22. The first-order chi connectivity index (χ1) is 12.7. The Balaban J connectivity index is 1.45. The van der Waals surface area contributed by atoms with Gasteiger partial charge in [0.2, 0.25) is 0 Å². The molecule has 1 aromatic heterocycles. The molecule has 1 heterocycles. The van der Waals surface area contributed by atoms with Gasteiger partial charge >= 0.3 is 0 Å². The van der Waals surface area contributed by atoms with Crippen LogP contribution in [-0.2, 0) is 6.54 Å². The average Bonchev–Trinajstić information content (AvgIpc) is 3.15. The minimum atomic E-state index is -0.114. The molecule has 3 aromatic carbocycles. The first-order valence-corrected chi connectivity index (χ1v) is 9.10. The lowest BCUT2D eigenvalue weighted by molar-refractivity contribution is 0.0948. The van der Waals surface area contributed by atoms with Gasteiger partial charge in [-0.05, 0) is 47.2 Å². The zero-order valence-corrected chi connectivity index (χ0v) is 15.5. The minimum absolute atomic E-state index is 0.114. The molecule has 0 aliphatic heterocycles. The number of fused-ring (bicyclic) bond motifs is 1. The summed E-state index contributed by atoms with van der Waals surface area (Å²) in [7, 11) is 0. The van der Waals surface area contributed by atoms with Crippen molar-refractivity contribution in [3.8, 4) is 11.3 Å². The van der Waals surface area contributed by atoms with Crippen molar-refractivity contribution in [2.75, 3.05) is 0 Å². The number of hydrogen-bond donors (Lipinski definition) is 1. The maximum Gasteiger partial charge on any atom is 0.251 e. The Labute approximate surface area is 159 Å². The van der Waals surface area contributed by atoms with Crippen LogP contribution in [0.1, 0.15) is 16.1 Å².